The fourth-order valence-corrected chi connectivity index (χ4v) is 5.51. The largest absolute Gasteiger partial charge is 0.493 e. The van der Waals surface area contributed by atoms with Crippen LogP contribution < -0.4 is 15.9 Å². The average Bonchev–Trinajstić information content (AvgIpc) is 3.26. The summed E-state index contributed by atoms with van der Waals surface area (Å²) in [6.07, 6.45) is -4.92. The van der Waals surface area contributed by atoms with Crippen molar-refractivity contribution in [2.75, 3.05) is 11.1 Å². The molecular formula is C22H16F3N3O6S3. The van der Waals surface area contributed by atoms with E-state index in [2.05, 4.69) is 10.3 Å². The van der Waals surface area contributed by atoms with Gasteiger partial charge >= 0.3 is 6.18 Å². The van der Waals surface area contributed by atoms with E-state index in [1.54, 1.807) is 6.07 Å². The lowest BCUT2D eigenvalue weighted by molar-refractivity contribution is -0.137. The Hall–Kier alpha value is -3.40. The molecule has 0 unspecified atom stereocenters. The molecular weight excluding hydrogens is 555 g/mol. The third kappa shape index (κ3) is 5.79. The number of alkyl halides is 3. The minimum atomic E-state index is -4.59. The average molecular weight is 572 g/mol. The zero-order valence-corrected chi connectivity index (χ0v) is 20.9. The van der Waals surface area contributed by atoms with Gasteiger partial charge in [-0.2, -0.15) is 21.6 Å². The minimum Gasteiger partial charge on any atom is -0.493 e. The summed E-state index contributed by atoms with van der Waals surface area (Å²) in [6, 6.07) is 8.72. The first-order chi connectivity index (χ1) is 17.2. The molecule has 0 fully saturated rings. The van der Waals surface area contributed by atoms with Gasteiger partial charge in [0.15, 0.2) is 3.95 Å². The molecule has 0 bridgehead atoms. The van der Waals surface area contributed by atoms with Gasteiger partial charge in [-0.3, -0.25) is 18.7 Å². The molecule has 3 aromatic rings. The number of nitrogens with one attached hydrogen (secondary N) is 1. The van der Waals surface area contributed by atoms with Crippen molar-refractivity contribution < 1.29 is 40.8 Å². The topological polar surface area (TPSA) is 138 Å². The predicted molar refractivity (Wildman–Crippen MR) is 130 cm³/mol. The van der Waals surface area contributed by atoms with Crippen LogP contribution in [0.25, 0.3) is 5.57 Å². The van der Waals surface area contributed by atoms with E-state index in [9.17, 15) is 36.3 Å². The van der Waals surface area contributed by atoms with E-state index in [1.807, 2.05) is 0 Å². The van der Waals surface area contributed by atoms with Gasteiger partial charge in [0.25, 0.3) is 16.0 Å². The molecule has 0 spiro atoms. The number of nitrogens with zero attached hydrogens (tertiary/aromatic N) is 2. The quantitative estimate of drug-likeness (QED) is 0.293. The van der Waals surface area contributed by atoms with Gasteiger partial charge in [-0.25, -0.2) is 4.99 Å². The number of fused-ring (bicyclic) bond motifs is 1. The molecule has 15 heteroatoms. The summed E-state index contributed by atoms with van der Waals surface area (Å²) in [5, 5.41) is 13.6. The van der Waals surface area contributed by atoms with Crippen LogP contribution in [0.1, 0.15) is 16.0 Å². The summed E-state index contributed by atoms with van der Waals surface area (Å²) in [5.41, 5.74) is -0.739. The number of amides is 2. The molecule has 194 valence electrons. The van der Waals surface area contributed by atoms with Gasteiger partial charge in [0.1, 0.15) is 4.88 Å². The third-order valence-corrected chi connectivity index (χ3v) is 7.46. The highest BCUT2D eigenvalue weighted by Gasteiger charge is 2.31. The standard InChI is InChI=1S/C22H16F3N3O6S3/c23-22(24,25)12-4-2-5-13(10-12)26-15(29)9-11-3-1-6-14-16(11)17(19(30)27-14)18-20(31)28(21(35)36-18)7-8-37(32,33)34/h1-6,10,31H,7-9H2,(H,26,29)(H,32,33,34). The van der Waals surface area contributed by atoms with Crippen molar-refractivity contribution in [2.24, 2.45) is 4.99 Å². The van der Waals surface area contributed by atoms with E-state index >= 15 is 0 Å². The van der Waals surface area contributed by atoms with Crippen LogP contribution >= 0.6 is 23.6 Å². The van der Waals surface area contributed by atoms with Crippen LogP contribution in [0.2, 0.25) is 0 Å². The second-order valence-corrected chi connectivity index (χ2v) is 11.1. The van der Waals surface area contributed by atoms with Crippen LogP contribution in [0, 0.1) is 3.95 Å². The number of carbonyl (C=O) groups is 2. The number of aromatic nitrogens is 1. The number of anilines is 1. The highest BCUT2D eigenvalue weighted by molar-refractivity contribution is 7.85. The van der Waals surface area contributed by atoms with Crippen molar-refractivity contribution in [1.29, 1.82) is 0 Å². The lowest BCUT2D eigenvalue weighted by Crippen LogP contribution is -2.30. The number of halogens is 3. The smallest absolute Gasteiger partial charge is 0.416 e. The van der Waals surface area contributed by atoms with Gasteiger partial charge in [0.05, 0.1) is 28.7 Å². The number of aromatic hydroxyl groups is 1. The summed E-state index contributed by atoms with van der Waals surface area (Å²) in [4.78, 5) is 29.4. The fraction of sp³-hybridized carbons (Fsp3) is 0.182. The molecule has 0 aliphatic carbocycles. The van der Waals surface area contributed by atoms with E-state index in [1.165, 1.54) is 18.2 Å². The molecule has 1 aromatic heterocycles. The Kier molecular flexibility index (Phi) is 7.07. The predicted octanol–water partition coefficient (Wildman–Crippen LogP) is 2.43. The van der Waals surface area contributed by atoms with Gasteiger partial charge in [-0.1, -0.05) is 18.2 Å². The second-order valence-electron chi connectivity index (χ2n) is 7.87. The highest BCUT2D eigenvalue weighted by Crippen LogP contribution is 2.33. The maximum atomic E-state index is 13.0. The molecule has 1 aliphatic heterocycles. The molecule has 9 nitrogen and oxygen atoms in total. The van der Waals surface area contributed by atoms with Gasteiger partial charge < -0.3 is 10.4 Å². The maximum absolute atomic E-state index is 13.0. The summed E-state index contributed by atoms with van der Waals surface area (Å²) in [6.45, 7) is -0.369. The molecule has 37 heavy (non-hydrogen) atoms. The number of hydrogen-bond donors (Lipinski definition) is 3. The molecule has 0 saturated carbocycles. The van der Waals surface area contributed by atoms with Crippen LogP contribution in [-0.2, 0) is 38.8 Å². The Balaban J connectivity index is 1.72. The molecule has 3 N–H and O–H groups in total. The van der Waals surface area contributed by atoms with Gasteiger partial charge in [-0.15, -0.1) is 11.3 Å². The normalized spacial score (nSPS) is 13.4. The van der Waals surface area contributed by atoms with Crippen molar-refractivity contribution >= 4 is 56.7 Å². The second kappa shape index (κ2) is 9.81. The summed E-state index contributed by atoms with van der Waals surface area (Å²) in [7, 11) is -4.35. The summed E-state index contributed by atoms with van der Waals surface area (Å²) >= 11 is 6.00. The maximum Gasteiger partial charge on any atom is 0.416 e. The van der Waals surface area contributed by atoms with E-state index < -0.39 is 45.3 Å². The van der Waals surface area contributed by atoms with Gasteiger partial charge in [0.2, 0.25) is 11.8 Å². The minimum absolute atomic E-state index is 0.00132. The Morgan fingerprint density at radius 1 is 1.19 bits per heavy atom. The number of carbonyl (C=O) groups excluding carboxylic acids is 2. The van der Waals surface area contributed by atoms with Crippen LogP contribution in [0.4, 0.5) is 18.9 Å². The zero-order valence-electron chi connectivity index (χ0n) is 18.4. The molecule has 2 aromatic carbocycles. The molecule has 4 rings (SSSR count). The molecule has 0 saturated heterocycles. The fourth-order valence-electron chi connectivity index (χ4n) is 3.71. The van der Waals surface area contributed by atoms with Crippen LogP contribution in [0.15, 0.2) is 47.5 Å². The van der Waals surface area contributed by atoms with Crippen molar-refractivity contribution in [1.82, 2.24) is 4.57 Å². The van der Waals surface area contributed by atoms with Crippen molar-refractivity contribution in [2.45, 2.75) is 19.1 Å². The monoisotopic (exact) mass is 571 g/mol. The lowest BCUT2D eigenvalue weighted by atomic mass is 10.0. The third-order valence-electron chi connectivity index (χ3n) is 5.31. The van der Waals surface area contributed by atoms with Crippen LogP contribution in [0.5, 0.6) is 5.88 Å². The molecule has 2 amide bonds. The Morgan fingerprint density at radius 3 is 2.57 bits per heavy atom. The van der Waals surface area contributed by atoms with E-state index in [0.717, 1.165) is 34.1 Å². The Labute approximate surface area is 216 Å². The Morgan fingerprint density at radius 2 is 1.89 bits per heavy atom. The molecule has 0 atom stereocenters. The van der Waals surface area contributed by atoms with E-state index in [4.69, 9.17) is 16.8 Å². The van der Waals surface area contributed by atoms with E-state index in [0.29, 0.717) is 5.56 Å². The van der Waals surface area contributed by atoms with Crippen LogP contribution in [-0.4, -0.2) is 40.2 Å². The molecule has 2 heterocycles. The Bertz CT molecular complexity index is 1730. The van der Waals surface area contributed by atoms with Crippen molar-refractivity contribution in [3.8, 4) is 5.88 Å². The van der Waals surface area contributed by atoms with Crippen LogP contribution in [0.3, 0.4) is 0 Å². The summed E-state index contributed by atoms with van der Waals surface area (Å²) in [5.74, 6) is -2.62. The van der Waals surface area contributed by atoms with Gasteiger partial charge in [0, 0.05) is 17.5 Å². The summed E-state index contributed by atoms with van der Waals surface area (Å²) < 4.78 is 71.3. The van der Waals surface area contributed by atoms with Crippen molar-refractivity contribution in [3.63, 3.8) is 0 Å². The lowest BCUT2D eigenvalue weighted by Gasteiger charge is -2.10. The van der Waals surface area contributed by atoms with Gasteiger partial charge in [-0.05, 0) is 42.0 Å². The first-order valence-electron chi connectivity index (χ1n) is 10.3. The number of hydrogen-bond acceptors (Lipinski definition) is 7. The molecule has 0 radical (unpaired) electrons. The first kappa shape index (κ1) is 26.7. The zero-order chi connectivity index (χ0) is 27.1. The number of thiazole rings is 1. The van der Waals surface area contributed by atoms with Crippen molar-refractivity contribution in [3.05, 3.63) is 73.0 Å². The number of benzene rings is 2. The highest BCUT2D eigenvalue weighted by atomic mass is 32.2. The molecule has 1 aliphatic rings. The van der Waals surface area contributed by atoms with E-state index in [-0.39, 0.29) is 43.6 Å². The SMILES string of the molecule is O=C(Cc1cccc2c1=C(c1sc(=S)n(CCS(=O)(=O)O)c1O)C(=O)N=2)Nc1cccc(C(F)(F)F)c1. The number of rotatable bonds is 7. The first-order valence-corrected chi connectivity index (χ1v) is 13.2.